The van der Waals surface area contributed by atoms with Crippen LogP contribution in [0.5, 0.6) is 0 Å². The summed E-state index contributed by atoms with van der Waals surface area (Å²) in [5.74, 6) is 3.06. The highest BCUT2D eigenvalue weighted by Gasteiger charge is 2.11. The lowest BCUT2D eigenvalue weighted by atomic mass is 10.4. The van der Waals surface area contributed by atoms with Gasteiger partial charge in [-0.2, -0.15) is 11.8 Å². The van der Waals surface area contributed by atoms with Crippen LogP contribution < -0.4 is 5.73 Å². The molecule has 0 aliphatic carbocycles. The maximum absolute atomic E-state index is 5.82. The van der Waals surface area contributed by atoms with E-state index in [1.54, 1.807) is 0 Å². The predicted octanol–water partition coefficient (Wildman–Crippen LogP) is 0.758. The van der Waals surface area contributed by atoms with Gasteiger partial charge in [0.1, 0.15) is 0 Å². The van der Waals surface area contributed by atoms with E-state index in [1.807, 2.05) is 25.6 Å². The Kier molecular flexibility index (Phi) is 3.72. The van der Waals surface area contributed by atoms with Crippen molar-refractivity contribution in [1.82, 2.24) is 4.90 Å². The molecule has 3 nitrogen and oxygen atoms in total. The summed E-state index contributed by atoms with van der Waals surface area (Å²) in [7, 11) is 0. The Morgan fingerprint density at radius 2 is 2.00 bits per heavy atom. The van der Waals surface area contributed by atoms with Crippen molar-refractivity contribution in [1.29, 1.82) is 0 Å². The summed E-state index contributed by atoms with van der Waals surface area (Å²) >= 11 is 1.98. The third-order valence-corrected chi connectivity index (χ3v) is 2.67. The number of nitrogens with zero attached hydrogens (tertiary/aromatic N) is 2. The number of nitrogens with two attached hydrogens (primary N) is 1. The van der Waals surface area contributed by atoms with Gasteiger partial charge in [-0.3, -0.25) is 4.99 Å². The molecule has 1 aliphatic rings. The van der Waals surface area contributed by atoms with E-state index in [-0.39, 0.29) is 0 Å². The smallest absolute Gasteiger partial charge is 0.191 e. The van der Waals surface area contributed by atoms with Crippen LogP contribution in [-0.2, 0) is 0 Å². The lowest BCUT2D eigenvalue weighted by molar-refractivity contribution is 0.454. The Morgan fingerprint density at radius 3 is 2.50 bits per heavy atom. The van der Waals surface area contributed by atoms with Gasteiger partial charge in [-0.15, -0.1) is 0 Å². The average Bonchev–Trinajstić information content (AvgIpc) is 2.05. The first-order valence-electron chi connectivity index (χ1n) is 4.36. The van der Waals surface area contributed by atoms with Crippen molar-refractivity contribution in [3.63, 3.8) is 0 Å². The summed E-state index contributed by atoms with van der Waals surface area (Å²) in [6.07, 6.45) is 0. The fourth-order valence-corrected chi connectivity index (χ4v) is 2.04. The van der Waals surface area contributed by atoms with Crippen molar-refractivity contribution in [3.05, 3.63) is 0 Å². The SMILES string of the molecule is CC(C)N=C(N)N1CCSCC1. The van der Waals surface area contributed by atoms with Crippen LogP contribution >= 0.6 is 11.8 Å². The van der Waals surface area contributed by atoms with Crippen LogP contribution in [0.25, 0.3) is 0 Å². The summed E-state index contributed by atoms with van der Waals surface area (Å²) in [6, 6.07) is 0.305. The van der Waals surface area contributed by atoms with Crippen molar-refractivity contribution in [2.75, 3.05) is 24.6 Å². The van der Waals surface area contributed by atoms with Crippen LogP contribution in [-0.4, -0.2) is 41.5 Å². The van der Waals surface area contributed by atoms with Crippen LogP contribution in [0.2, 0.25) is 0 Å². The van der Waals surface area contributed by atoms with Crippen LogP contribution in [0.1, 0.15) is 13.8 Å². The van der Waals surface area contributed by atoms with Gasteiger partial charge in [0.15, 0.2) is 5.96 Å². The molecule has 0 radical (unpaired) electrons. The van der Waals surface area contributed by atoms with Crippen LogP contribution in [0.15, 0.2) is 4.99 Å². The Bertz CT molecular complexity index is 162. The standard InChI is InChI=1S/C8H17N3S/c1-7(2)10-8(9)11-3-5-12-6-4-11/h7H,3-6H2,1-2H3,(H2,9,10). The Morgan fingerprint density at radius 1 is 1.42 bits per heavy atom. The van der Waals surface area contributed by atoms with Gasteiger partial charge in [0.2, 0.25) is 0 Å². The predicted molar refractivity (Wildman–Crippen MR) is 55.7 cm³/mol. The van der Waals surface area contributed by atoms with Gasteiger partial charge < -0.3 is 10.6 Å². The molecule has 0 aromatic heterocycles. The molecule has 0 atom stereocenters. The Labute approximate surface area is 78.4 Å². The molecule has 0 aromatic carbocycles. The molecule has 1 rings (SSSR count). The minimum absolute atomic E-state index is 0.305. The first-order valence-corrected chi connectivity index (χ1v) is 5.51. The summed E-state index contributed by atoms with van der Waals surface area (Å²) in [4.78, 5) is 6.48. The second-order valence-corrected chi connectivity index (χ2v) is 4.41. The van der Waals surface area contributed by atoms with E-state index in [0.29, 0.717) is 12.0 Å². The third kappa shape index (κ3) is 2.93. The highest BCUT2D eigenvalue weighted by molar-refractivity contribution is 7.99. The van der Waals surface area contributed by atoms with E-state index in [4.69, 9.17) is 5.73 Å². The summed E-state index contributed by atoms with van der Waals surface area (Å²) in [5, 5.41) is 0. The third-order valence-electron chi connectivity index (χ3n) is 1.73. The monoisotopic (exact) mass is 187 g/mol. The molecule has 1 heterocycles. The van der Waals surface area contributed by atoms with Crippen molar-refractivity contribution in [3.8, 4) is 0 Å². The summed E-state index contributed by atoms with van der Waals surface area (Å²) in [6.45, 7) is 6.19. The second kappa shape index (κ2) is 4.60. The number of guanidine groups is 1. The molecule has 12 heavy (non-hydrogen) atoms. The fourth-order valence-electron chi connectivity index (χ4n) is 1.14. The van der Waals surface area contributed by atoms with Crippen molar-refractivity contribution >= 4 is 17.7 Å². The molecule has 4 heteroatoms. The zero-order valence-corrected chi connectivity index (χ0v) is 8.60. The zero-order chi connectivity index (χ0) is 8.97. The topological polar surface area (TPSA) is 41.6 Å². The highest BCUT2D eigenvalue weighted by atomic mass is 32.2. The minimum atomic E-state index is 0.305. The molecule has 0 bridgehead atoms. The number of rotatable bonds is 1. The molecule has 1 fully saturated rings. The molecule has 1 aliphatic heterocycles. The number of hydrogen-bond acceptors (Lipinski definition) is 2. The molecule has 0 unspecified atom stereocenters. The number of aliphatic imine (C=N–C) groups is 1. The summed E-state index contributed by atoms with van der Waals surface area (Å²) < 4.78 is 0. The van der Waals surface area contributed by atoms with Gasteiger partial charge >= 0.3 is 0 Å². The molecule has 2 N–H and O–H groups in total. The quantitative estimate of drug-likeness (QED) is 0.487. The molecular formula is C8H17N3S. The van der Waals surface area contributed by atoms with E-state index in [1.165, 1.54) is 11.5 Å². The van der Waals surface area contributed by atoms with Gasteiger partial charge in [-0.05, 0) is 13.8 Å². The Balaban J connectivity index is 2.44. The van der Waals surface area contributed by atoms with E-state index >= 15 is 0 Å². The Hall–Kier alpha value is -0.380. The molecule has 0 amide bonds. The fraction of sp³-hybridized carbons (Fsp3) is 0.875. The average molecular weight is 187 g/mol. The number of hydrogen-bond donors (Lipinski definition) is 1. The van der Waals surface area contributed by atoms with Crippen molar-refractivity contribution in [2.45, 2.75) is 19.9 Å². The minimum Gasteiger partial charge on any atom is -0.370 e. The summed E-state index contributed by atoms with van der Waals surface area (Å²) in [5.41, 5.74) is 5.82. The van der Waals surface area contributed by atoms with Gasteiger partial charge in [-0.1, -0.05) is 0 Å². The first kappa shape index (κ1) is 9.71. The van der Waals surface area contributed by atoms with Crippen molar-refractivity contribution in [2.24, 2.45) is 10.7 Å². The van der Waals surface area contributed by atoms with Crippen LogP contribution in [0.4, 0.5) is 0 Å². The van der Waals surface area contributed by atoms with Crippen LogP contribution in [0.3, 0.4) is 0 Å². The highest BCUT2D eigenvalue weighted by Crippen LogP contribution is 2.08. The van der Waals surface area contributed by atoms with Crippen molar-refractivity contribution < 1.29 is 0 Å². The van der Waals surface area contributed by atoms with E-state index < -0.39 is 0 Å². The number of thioether (sulfide) groups is 1. The van der Waals surface area contributed by atoms with Gasteiger partial charge in [0, 0.05) is 30.6 Å². The van der Waals surface area contributed by atoms with Gasteiger partial charge in [0.25, 0.3) is 0 Å². The van der Waals surface area contributed by atoms with Gasteiger partial charge in [-0.25, -0.2) is 0 Å². The molecule has 0 aromatic rings. The maximum atomic E-state index is 5.82. The zero-order valence-electron chi connectivity index (χ0n) is 7.79. The van der Waals surface area contributed by atoms with Gasteiger partial charge in [0.05, 0.1) is 0 Å². The second-order valence-electron chi connectivity index (χ2n) is 3.18. The van der Waals surface area contributed by atoms with E-state index in [9.17, 15) is 0 Å². The molecule has 0 spiro atoms. The first-order chi connectivity index (χ1) is 5.70. The normalized spacial score (nSPS) is 20.2. The lowest BCUT2D eigenvalue weighted by Crippen LogP contribution is -2.43. The lowest BCUT2D eigenvalue weighted by Gasteiger charge is -2.27. The maximum Gasteiger partial charge on any atom is 0.191 e. The molecule has 1 saturated heterocycles. The van der Waals surface area contributed by atoms with E-state index in [2.05, 4.69) is 9.89 Å². The molecule has 70 valence electrons. The molecular weight excluding hydrogens is 170 g/mol. The molecule has 0 saturated carbocycles. The van der Waals surface area contributed by atoms with Crippen LogP contribution in [0, 0.1) is 0 Å². The largest absolute Gasteiger partial charge is 0.370 e. The van der Waals surface area contributed by atoms with E-state index in [0.717, 1.165) is 13.1 Å².